The van der Waals surface area contributed by atoms with E-state index in [4.69, 9.17) is 0 Å². The number of carboxylic acid groups (broad SMARTS) is 1. The third-order valence-electron chi connectivity index (χ3n) is 4.95. The molecule has 2 aliphatic rings. The Hall–Kier alpha value is -0.530. The number of fused-ring (bicyclic) bond motifs is 2. The second-order valence-corrected chi connectivity index (χ2v) is 5.56. The fourth-order valence-electron chi connectivity index (χ4n) is 3.55. The van der Waals surface area contributed by atoms with Crippen molar-refractivity contribution in [3.63, 3.8) is 0 Å². The summed E-state index contributed by atoms with van der Waals surface area (Å²) in [6.07, 6.45) is 3.09. The highest BCUT2D eigenvalue weighted by Crippen LogP contribution is 2.67. The van der Waals surface area contributed by atoms with Crippen LogP contribution in [0.3, 0.4) is 0 Å². The molecule has 2 saturated carbocycles. The van der Waals surface area contributed by atoms with Gasteiger partial charge in [-0.2, -0.15) is 0 Å². The first-order valence-corrected chi connectivity index (χ1v) is 5.09. The first-order chi connectivity index (χ1) is 5.88. The van der Waals surface area contributed by atoms with Crippen molar-refractivity contribution < 1.29 is 9.90 Å². The number of rotatable bonds is 1. The minimum Gasteiger partial charge on any atom is -0.550 e. The Kier molecular flexibility index (Phi) is 1.59. The van der Waals surface area contributed by atoms with Crippen molar-refractivity contribution in [3.8, 4) is 0 Å². The largest absolute Gasteiger partial charge is 0.550 e. The smallest absolute Gasteiger partial charge is 0.0448 e. The summed E-state index contributed by atoms with van der Waals surface area (Å²) in [6, 6.07) is 0. The standard InChI is InChI=1S/C11H18O2/c1-10(2)8-4-5-11(10,3)6-7(8)9(12)13/h7-8H,4-6H2,1-3H3,(H,12,13)/p-1/t7-,8+,11+/m0/s1. The molecule has 2 bridgehead atoms. The lowest BCUT2D eigenvalue weighted by atomic mass is 9.71. The molecule has 0 heterocycles. The molecule has 0 aromatic heterocycles. The zero-order valence-corrected chi connectivity index (χ0v) is 8.59. The highest BCUT2D eigenvalue weighted by atomic mass is 16.4. The molecule has 2 fully saturated rings. The van der Waals surface area contributed by atoms with Gasteiger partial charge in [-0.15, -0.1) is 0 Å². The second kappa shape index (κ2) is 2.28. The molecule has 2 heteroatoms. The van der Waals surface area contributed by atoms with E-state index in [1.165, 1.54) is 6.42 Å². The van der Waals surface area contributed by atoms with E-state index in [1.54, 1.807) is 0 Å². The Bertz CT molecular complexity index is 254. The fraction of sp³-hybridized carbons (Fsp3) is 0.909. The molecule has 0 spiro atoms. The van der Waals surface area contributed by atoms with Crippen LogP contribution in [-0.4, -0.2) is 5.97 Å². The van der Waals surface area contributed by atoms with Crippen LogP contribution in [0.5, 0.6) is 0 Å². The van der Waals surface area contributed by atoms with Gasteiger partial charge < -0.3 is 9.90 Å². The third-order valence-corrected chi connectivity index (χ3v) is 4.95. The molecule has 0 aromatic carbocycles. The summed E-state index contributed by atoms with van der Waals surface area (Å²) >= 11 is 0. The number of carbonyl (C=O) groups is 1. The zero-order chi connectivity index (χ0) is 9.85. The molecule has 0 saturated heterocycles. The van der Waals surface area contributed by atoms with Gasteiger partial charge in [0.05, 0.1) is 0 Å². The molecular weight excluding hydrogens is 164 g/mol. The van der Waals surface area contributed by atoms with Crippen LogP contribution in [0, 0.1) is 22.7 Å². The van der Waals surface area contributed by atoms with Gasteiger partial charge in [-0.25, -0.2) is 0 Å². The van der Waals surface area contributed by atoms with Crippen molar-refractivity contribution in [3.05, 3.63) is 0 Å². The van der Waals surface area contributed by atoms with Crippen LogP contribution in [0.1, 0.15) is 40.0 Å². The highest BCUT2D eigenvalue weighted by molar-refractivity contribution is 5.69. The predicted octanol–water partition coefficient (Wildman–Crippen LogP) is 1.20. The quantitative estimate of drug-likeness (QED) is 0.609. The Balaban J connectivity index is 2.34. The minimum absolute atomic E-state index is 0.186. The van der Waals surface area contributed by atoms with Gasteiger partial charge in [-0.3, -0.25) is 0 Å². The molecule has 0 radical (unpaired) electrons. The van der Waals surface area contributed by atoms with Gasteiger partial charge in [0.15, 0.2) is 0 Å². The Morgan fingerprint density at radius 1 is 1.38 bits per heavy atom. The summed E-state index contributed by atoms with van der Waals surface area (Å²) in [7, 11) is 0. The molecule has 2 rings (SSSR count). The van der Waals surface area contributed by atoms with E-state index in [2.05, 4.69) is 20.8 Å². The van der Waals surface area contributed by atoms with Crippen molar-refractivity contribution in [1.29, 1.82) is 0 Å². The van der Waals surface area contributed by atoms with E-state index >= 15 is 0 Å². The molecule has 2 aliphatic carbocycles. The van der Waals surface area contributed by atoms with Gasteiger partial charge in [0.2, 0.25) is 0 Å². The van der Waals surface area contributed by atoms with Crippen LogP contribution in [0.4, 0.5) is 0 Å². The molecule has 13 heavy (non-hydrogen) atoms. The van der Waals surface area contributed by atoms with E-state index in [0.717, 1.165) is 12.8 Å². The molecule has 3 atom stereocenters. The highest BCUT2D eigenvalue weighted by Gasteiger charge is 2.60. The van der Waals surface area contributed by atoms with Crippen molar-refractivity contribution in [2.45, 2.75) is 40.0 Å². The molecule has 2 nitrogen and oxygen atoms in total. The molecule has 0 N–H and O–H groups in total. The van der Waals surface area contributed by atoms with Gasteiger partial charge in [0.25, 0.3) is 0 Å². The van der Waals surface area contributed by atoms with Gasteiger partial charge in [0.1, 0.15) is 0 Å². The summed E-state index contributed by atoms with van der Waals surface area (Å²) in [6.45, 7) is 6.66. The van der Waals surface area contributed by atoms with Crippen molar-refractivity contribution >= 4 is 5.97 Å². The van der Waals surface area contributed by atoms with Gasteiger partial charge in [-0.1, -0.05) is 20.8 Å². The van der Waals surface area contributed by atoms with E-state index in [-0.39, 0.29) is 16.7 Å². The second-order valence-electron chi connectivity index (χ2n) is 5.56. The Morgan fingerprint density at radius 3 is 2.23 bits per heavy atom. The van der Waals surface area contributed by atoms with Crippen LogP contribution >= 0.6 is 0 Å². The molecular formula is C11H17O2-. The lowest BCUT2D eigenvalue weighted by Gasteiger charge is -2.34. The summed E-state index contributed by atoms with van der Waals surface area (Å²) < 4.78 is 0. The van der Waals surface area contributed by atoms with Crippen LogP contribution in [-0.2, 0) is 4.79 Å². The number of aliphatic carboxylic acids is 1. The maximum Gasteiger partial charge on any atom is 0.0448 e. The number of carbonyl (C=O) groups excluding carboxylic acids is 1. The van der Waals surface area contributed by atoms with Gasteiger partial charge >= 0.3 is 0 Å². The zero-order valence-electron chi connectivity index (χ0n) is 8.59. The number of carboxylic acids is 1. The van der Waals surface area contributed by atoms with E-state index in [1.807, 2.05) is 0 Å². The van der Waals surface area contributed by atoms with E-state index < -0.39 is 5.97 Å². The average Bonchev–Trinajstić information content (AvgIpc) is 2.34. The molecule has 0 unspecified atom stereocenters. The Morgan fingerprint density at radius 2 is 2.00 bits per heavy atom. The number of hydrogen-bond donors (Lipinski definition) is 0. The maximum absolute atomic E-state index is 10.9. The minimum atomic E-state index is -0.832. The summed E-state index contributed by atoms with van der Waals surface area (Å²) in [5.41, 5.74) is 0.431. The SMILES string of the molecule is CC1(C)[C@@H]2CC[C@]1(C)C[C@@H]2C(=O)[O-]. The lowest BCUT2D eigenvalue weighted by Crippen LogP contribution is -2.35. The van der Waals surface area contributed by atoms with Gasteiger partial charge in [-0.05, 0) is 36.0 Å². The van der Waals surface area contributed by atoms with Crippen LogP contribution in [0.25, 0.3) is 0 Å². The first-order valence-electron chi connectivity index (χ1n) is 5.09. The van der Waals surface area contributed by atoms with Crippen LogP contribution in [0.15, 0.2) is 0 Å². The van der Waals surface area contributed by atoms with Crippen molar-refractivity contribution in [1.82, 2.24) is 0 Å². The summed E-state index contributed by atoms with van der Waals surface area (Å²) in [5, 5.41) is 10.9. The van der Waals surface area contributed by atoms with Crippen LogP contribution < -0.4 is 5.11 Å². The lowest BCUT2D eigenvalue weighted by molar-refractivity contribution is -0.313. The molecule has 0 aromatic rings. The van der Waals surface area contributed by atoms with Crippen LogP contribution in [0.2, 0.25) is 0 Å². The molecule has 74 valence electrons. The number of hydrogen-bond acceptors (Lipinski definition) is 2. The third kappa shape index (κ3) is 0.918. The van der Waals surface area contributed by atoms with Gasteiger partial charge in [0, 0.05) is 11.9 Å². The molecule has 0 amide bonds. The molecule has 0 aliphatic heterocycles. The van der Waals surface area contributed by atoms with E-state index in [9.17, 15) is 9.90 Å². The van der Waals surface area contributed by atoms with E-state index in [0.29, 0.717) is 5.92 Å². The summed E-state index contributed by atoms with van der Waals surface area (Å²) in [4.78, 5) is 10.9. The first kappa shape index (κ1) is 9.04. The van der Waals surface area contributed by atoms with Crippen molar-refractivity contribution in [2.75, 3.05) is 0 Å². The monoisotopic (exact) mass is 181 g/mol. The topological polar surface area (TPSA) is 40.1 Å². The average molecular weight is 181 g/mol. The summed E-state index contributed by atoms with van der Waals surface area (Å²) in [5.74, 6) is -0.669. The maximum atomic E-state index is 10.9. The fourth-order valence-corrected chi connectivity index (χ4v) is 3.55. The predicted molar refractivity (Wildman–Crippen MR) is 47.7 cm³/mol. The Labute approximate surface area is 79.3 Å². The van der Waals surface area contributed by atoms with Crippen molar-refractivity contribution in [2.24, 2.45) is 22.7 Å². The normalized spacial score (nSPS) is 46.7.